The molecule has 4 nitrogen and oxygen atoms in total. The molecule has 168 valence electrons. The van der Waals surface area contributed by atoms with Crippen molar-refractivity contribution in [3.63, 3.8) is 0 Å². The Morgan fingerprint density at radius 1 is 0.750 bits per heavy atom. The predicted octanol–water partition coefficient (Wildman–Crippen LogP) is 5.88. The lowest BCUT2D eigenvalue weighted by Crippen LogP contribution is -2.42. The maximum absolute atomic E-state index is 11.8. The van der Waals surface area contributed by atoms with Gasteiger partial charge in [0.2, 0.25) is 5.91 Å². The maximum atomic E-state index is 11.8. The van der Waals surface area contributed by atoms with E-state index < -0.39 is 12.2 Å². The molecule has 0 aliphatic heterocycles. The topological polar surface area (TPSA) is 69.6 Å². The first kappa shape index (κ1) is 27.4. The van der Waals surface area contributed by atoms with Crippen LogP contribution in [0.4, 0.5) is 0 Å². The molecule has 3 atom stereocenters. The van der Waals surface area contributed by atoms with Gasteiger partial charge in [-0.25, -0.2) is 0 Å². The van der Waals surface area contributed by atoms with Crippen molar-refractivity contribution in [3.05, 3.63) is 0 Å². The minimum Gasteiger partial charge on any atom is -0.393 e. The van der Waals surface area contributed by atoms with Gasteiger partial charge < -0.3 is 15.5 Å². The van der Waals surface area contributed by atoms with Crippen molar-refractivity contribution in [1.82, 2.24) is 5.32 Å². The number of carbonyl (C=O) groups is 1. The third-order valence-electron chi connectivity index (χ3n) is 5.63. The average molecular weight is 400 g/mol. The normalized spacial score (nSPS) is 14.6. The second kappa shape index (κ2) is 19.7. The van der Waals surface area contributed by atoms with Gasteiger partial charge in [-0.1, -0.05) is 97.3 Å². The van der Waals surface area contributed by atoms with E-state index in [1.165, 1.54) is 57.8 Å². The van der Waals surface area contributed by atoms with E-state index in [0.717, 1.165) is 38.5 Å². The van der Waals surface area contributed by atoms with E-state index >= 15 is 0 Å². The molecule has 0 aromatic heterocycles. The fraction of sp³-hybridized carbons (Fsp3) is 0.958. The number of hydrogen-bond acceptors (Lipinski definition) is 3. The minimum atomic E-state index is -0.683. The van der Waals surface area contributed by atoms with Crippen LogP contribution in [0.25, 0.3) is 0 Å². The van der Waals surface area contributed by atoms with Crippen LogP contribution in [-0.2, 0) is 4.79 Å². The highest BCUT2D eigenvalue weighted by atomic mass is 16.3. The van der Waals surface area contributed by atoms with Crippen molar-refractivity contribution in [3.8, 4) is 0 Å². The van der Waals surface area contributed by atoms with Crippen LogP contribution in [0, 0.1) is 0 Å². The summed E-state index contributed by atoms with van der Waals surface area (Å²) < 4.78 is 0. The molecule has 0 bridgehead atoms. The molecule has 1 amide bonds. The van der Waals surface area contributed by atoms with Gasteiger partial charge in [-0.05, 0) is 19.8 Å². The van der Waals surface area contributed by atoms with Crippen LogP contribution >= 0.6 is 0 Å². The zero-order chi connectivity index (χ0) is 21.0. The molecule has 0 fully saturated rings. The summed E-state index contributed by atoms with van der Waals surface area (Å²) in [7, 11) is 0. The van der Waals surface area contributed by atoms with E-state index in [1.54, 1.807) is 0 Å². The molecule has 4 heteroatoms. The largest absolute Gasteiger partial charge is 0.393 e. The first-order valence-corrected chi connectivity index (χ1v) is 12.2. The molecule has 0 rings (SSSR count). The highest BCUT2D eigenvalue weighted by Crippen LogP contribution is 2.14. The Labute approximate surface area is 174 Å². The molecular formula is C24H49NO3. The summed E-state index contributed by atoms with van der Waals surface area (Å²) in [6.07, 6.45) is 17.8. The Balaban J connectivity index is 3.58. The van der Waals surface area contributed by atoms with Crippen LogP contribution in [0.1, 0.15) is 130 Å². The van der Waals surface area contributed by atoms with E-state index in [9.17, 15) is 15.0 Å². The van der Waals surface area contributed by atoms with Crippen molar-refractivity contribution in [2.75, 3.05) is 0 Å². The molecule has 0 saturated heterocycles. The maximum Gasteiger partial charge on any atom is 0.220 e. The number of nitrogens with one attached hydrogen (secondary N) is 1. The first-order valence-electron chi connectivity index (χ1n) is 12.2. The van der Waals surface area contributed by atoms with Crippen LogP contribution in [0.5, 0.6) is 0 Å². The summed E-state index contributed by atoms with van der Waals surface area (Å²) in [5.74, 6) is -0.000136. The van der Waals surface area contributed by atoms with Crippen LogP contribution in [0.3, 0.4) is 0 Å². The van der Waals surface area contributed by atoms with Crippen molar-refractivity contribution in [1.29, 1.82) is 0 Å². The molecule has 0 aliphatic carbocycles. The molecule has 0 unspecified atom stereocenters. The van der Waals surface area contributed by atoms with Gasteiger partial charge in [0.1, 0.15) is 0 Å². The van der Waals surface area contributed by atoms with E-state index in [4.69, 9.17) is 0 Å². The second-order valence-corrected chi connectivity index (χ2v) is 8.59. The smallest absolute Gasteiger partial charge is 0.220 e. The number of rotatable bonds is 20. The van der Waals surface area contributed by atoms with Gasteiger partial charge in [0.15, 0.2) is 0 Å². The molecular weight excluding hydrogens is 350 g/mol. The molecule has 0 radical (unpaired) electrons. The van der Waals surface area contributed by atoms with Crippen LogP contribution < -0.4 is 5.32 Å². The Hall–Kier alpha value is -0.610. The Morgan fingerprint density at radius 3 is 1.75 bits per heavy atom. The molecule has 0 spiro atoms. The molecule has 0 aromatic carbocycles. The third kappa shape index (κ3) is 17.5. The first-order chi connectivity index (χ1) is 13.5. The van der Waals surface area contributed by atoms with Crippen molar-refractivity contribution < 1.29 is 15.0 Å². The van der Waals surface area contributed by atoms with Gasteiger partial charge in [0, 0.05) is 12.8 Å². The van der Waals surface area contributed by atoms with Crippen LogP contribution in [-0.4, -0.2) is 34.4 Å². The van der Waals surface area contributed by atoms with Gasteiger partial charge >= 0.3 is 0 Å². The highest BCUT2D eigenvalue weighted by Gasteiger charge is 2.19. The van der Waals surface area contributed by atoms with Gasteiger partial charge in [-0.2, -0.15) is 0 Å². The predicted molar refractivity (Wildman–Crippen MR) is 119 cm³/mol. The second-order valence-electron chi connectivity index (χ2n) is 8.59. The number of aliphatic hydroxyl groups excluding tert-OH is 2. The zero-order valence-corrected chi connectivity index (χ0v) is 19.1. The fourth-order valence-electron chi connectivity index (χ4n) is 3.60. The van der Waals surface area contributed by atoms with Crippen molar-refractivity contribution in [2.45, 2.75) is 148 Å². The Morgan fingerprint density at radius 2 is 1.21 bits per heavy atom. The lowest BCUT2D eigenvalue weighted by Gasteiger charge is -2.22. The van der Waals surface area contributed by atoms with Crippen LogP contribution in [0.15, 0.2) is 0 Å². The van der Waals surface area contributed by atoms with E-state index in [0.29, 0.717) is 12.8 Å². The molecule has 0 aromatic rings. The number of carbonyl (C=O) groups excluding carboxylic acids is 1. The Bertz CT molecular complexity index is 349. The summed E-state index contributed by atoms with van der Waals surface area (Å²) in [6, 6.07) is -0.305. The SMILES string of the molecule is CCCCCCCCCCCCC[C@@H](O)C[C@@H](O)[C@H](C)NC(=O)CCCCC. The van der Waals surface area contributed by atoms with E-state index in [2.05, 4.69) is 19.2 Å². The highest BCUT2D eigenvalue weighted by molar-refractivity contribution is 5.76. The monoisotopic (exact) mass is 399 g/mol. The lowest BCUT2D eigenvalue weighted by atomic mass is 10.00. The van der Waals surface area contributed by atoms with Gasteiger partial charge in [-0.15, -0.1) is 0 Å². The summed E-state index contributed by atoms with van der Waals surface area (Å²) in [6.45, 7) is 6.18. The molecule has 0 saturated carbocycles. The molecule has 0 aliphatic rings. The number of amides is 1. The molecule has 0 heterocycles. The fourth-order valence-corrected chi connectivity index (χ4v) is 3.60. The third-order valence-corrected chi connectivity index (χ3v) is 5.63. The molecule has 3 N–H and O–H groups in total. The number of hydrogen-bond donors (Lipinski definition) is 3. The van der Waals surface area contributed by atoms with Crippen molar-refractivity contribution in [2.24, 2.45) is 0 Å². The molecule has 28 heavy (non-hydrogen) atoms. The van der Waals surface area contributed by atoms with Crippen LogP contribution in [0.2, 0.25) is 0 Å². The Kier molecular flexibility index (Phi) is 19.3. The number of unbranched alkanes of at least 4 members (excludes halogenated alkanes) is 12. The minimum absolute atomic E-state index is 0.000136. The number of aliphatic hydroxyl groups is 2. The van der Waals surface area contributed by atoms with Crippen molar-refractivity contribution >= 4 is 5.91 Å². The van der Waals surface area contributed by atoms with Gasteiger partial charge in [0.05, 0.1) is 18.2 Å². The summed E-state index contributed by atoms with van der Waals surface area (Å²) >= 11 is 0. The van der Waals surface area contributed by atoms with Gasteiger partial charge in [-0.3, -0.25) is 4.79 Å². The summed E-state index contributed by atoms with van der Waals surface area (Å²) in [5, 5.41) is 23.2. The van der Waals surface area contributed by atoms with E-state index in [1.807, 2.05) is 6.92 Å². The standard InChI is InChI=1S/C24H49NO3/c1-4-6-8-9-10-11-12-13-14-15-17-18-22(26)20-23(27)21(3)25-24(28)19-16-7-5-2/h21-23,26-27H,4-20H2,1-3H3,(H,25,28)/t21-,22+,23+/m0/s1. The summed E-state index contributed by atoms with van der Waals surface area (Å²) in [4.78, 5) is 11.8. The quantitative estimate of drug-likeness (QED) is 0.224. The lowest BCUT2D eigenvalue weighted by molar-refractivity contribution is -0.122. The van der Waals surface area contributed by atoms with E-state index in [-0.39, 0.29) is 11.9 Å². The van der Waals surface area contributed by atoms with Gasteiger partial charge in [0.25, 0.3) is 0 Å². The summed E-state index contributed by atoms with van der Waals surface area (Å²) in [5.41, 5.74) is 0. The average Bonchev–Trinajstić information content (AvgIpc) is 2.66. The zero-order valence-electron chi connectivity index (χ0n) is 19.1.